The summed E-state index contributed by atoms with van der Waals surface area (Å²) in [7, 11) is 0. The van der Waals surface area contributed by atoms with Gasteiger partial charge in [0.25, 0.3) is 0 Å². The Bertz CT molecular complexity index is 672. The number of thioether (sulfide) groups is 1. The molecule has 0 saturated carbocycles. The van der Waals surface area contributed by atoms with E-state index >= 15 is 0 Å². The number of allylic oxidation sites excluding steroid dienone is 1. The third-order valence-electron chi connectivity index (χ3n) is 4.01. The van der Waals surface area contributed by atoms with Crippen molar-refractivity contribution >= 4 is 17.7 Å². The van der Waals surface area contributed by atoms with Crippen LogP contribution in [-0.2, 0) is 4.79 Å². The van der Waals surface area contributed by atoms with Crippen molar-refractivity contribution in [2.75, 3.05) is 25.1 Å². The Morgan fingerprint density at radius 3 is 2.43 bits per heavy atom. The van der Waals surface area contributed by atoms with Gasteiger partial charge in [0.1, 0.15) is 12.5 Å². The lowest BCUT2D eigenvalue weighted by atomic mass is 10.2. The minimum atomic E-state index is -0.921. The summed E-state index contributed by atoms with van der Waals surface area (Å²) in [6.07, 6.45) is 0.722. The maximum atomic E-state index is 11.4. The second-order valence-electron chi connectivity index (χ2n) is 5.68. The molecule has 0 radical (unpaired) electrons. The van der Waals surface area contributed by atoms with Crippen LogP contribution in [0.15, 0.2) is 20.7 Å². The molecule has 126 valence electrons. The molecule has 1 aromatic rings. The number of aliphatic hydroxyl groups excluding tert-OH is 2. The number of nitrogens with zero attached hydrogens (tertiary/aromatic N) is 3. The average Bonchev–Trinajstić information content (AvgIpc) is 2.89. The van der Waals surface area contributed by atoms with Gasteiger partial charge in [-0.2, -0.15) is 4.68 Å². The zero-order valence-corrected chi connectivity index (χ0v) is 13.3. The van der Waals surface area contributed by atoms with E-state index in [2.05, 4.69) is 5.43 Å². The third-order valence-corrected chi connectivity index (χ3v) is 5.20. The highest BCUT2D eigenvalue weighted by molar-refractivity contribution is 8.04. The van der Waals surface area contributed by atoms with Crippen LogP contribution in [0.25, 0.3) is 0 Å². The number of carbonyl (C=O) groups excluding carboxylic acids is 1. The van der Waals surface area contributed by atoms with Crippen molar-refractivity contribution in [3.05, 3.63) is 31.8 Å². The number of β-amino-alcohol motifs (C(OH)–C–C–N with tert-alkyl or cyclic N) is 2. The first-order chi connectivity index (χ1) is 10.9. The number of amides is 1. The van der Waals surface area contributed by atoms with Gasteiger partial charge in [0.2, 0.25) is 5.91 Å². The summed E-state index contributed by atoms with van der Waals surface area (Å²) in [5.41, 5.74) is 1.62. The smallest absolute Gasteiger partial charge is 0.340 e. The molecule has 9 nitrogen and oxygen atoms in total. The van der Waals surface area contributed by atoms with Gasteiger partial charge in [0, 0.05) is 18.7 Å². The molecule has 1 saturated heterocycles. The molecule has 0 aromatic carbocycles. The highest BCUT2D eigenvalue weighted by Crippen LogP contribution is 2.32. The summed E-state index contributed by atoms with van der Waals surface area (Å²) >= 11 is 1.45. The zero-order chi connectivity index (χ0) is 16.7. The normalized spacial score (nSPS) is 29.1. The van der Waals surface area contributed by atoms with Gasteiger partial charge in [-0.3, -0.25) is 19.8 Å². The van der Waals surface area contributed by atoms with Crippen LogP contribution in [0, 0.1) is 0 Å². The van der Waals surface area contributed by atoms with Crippen LogP contribution in [0.4, 0.5) is 0 Å². The summed E-state index contributed by atoms with van der Waals surface area (Å²) in [6, 6.07) is 0. The number of hydrogen-bond donors (Lipinski definition) is 3. The Balaban J connectivity index is 1.52. The van der Waals surface area contributed by atoms with Crippen molar-refractivity contribution < 1.29 is 15.0 Å². The number of aromatic nitrogens is 1. The van der Waals surface area contributed by atoms with E-state index in [4.69, 9.17) is 0 Å². The standard InChI is InChI=1S/C13H18N4O5S/c1-7(18)15-5-10(19)16(11(20)6-15)4-8-2-3-9(23-8)14-17-12(21)13(17)22/h3,8,10-11,14,19-20H,2,4-6H2,1H3. The van der Waals surface area contributed by atoms with E-state index in [9.17, 15) is 24.6 Å². The second-order valence-corrected chi connectivity index (χ2v) is 7.03. The average molecular weight is 342 g/mol. The largest absolute Gasteiger partial charge is 0.376 e. The molecule has 0 bridgehead atoms. The number of aliphatic hydroxyl groups is 2. The monoisotopic (exact) mass is 342 g/mol. The first kappa shape index (κ1) is 16.2. The third kappa shape index (κ3) is 3.34. The molecule has 3 rings (SSSR count). The number of nitrogens with one attached hydrogen (secondary N) is 1. The molecular formula is C13H18N4O5S. The molecule has 0 spiro atoms. The molecule has 23 heavy (non-hydrogen) atoms. The van der Waals surface area contributed by atoms with Crippen molar-refractivity contribution in [1.29, 1.82) is 0 Å². The lowest BCUT2D eigenvalue weighted by Crippen LogP contribution is -2.60. The molecule has 3 unspecified atom stereocenters. The molecule has 1 amide bonds. The van der Waals surface area contributed by atoms with E-state index in [-0.39, 0.29) is 24.2 Å². The predicted octanol–water partition coefficient (Wildman–Crippen LogP) is -2.22. The number of hydrogen-bond acceptors (Lipinski definition) is 8. The van der Waals surface area contributed by atoms with Gasteiger partial charge in [-0.15, -0.1) is 11.8 Å². The minimum absolute atomic E-state index is 0.0795. The van der Waals surface area contributed by atoms with Gasteiger partial charge in [0.15, 0.2) is 0 Å². The van der Waals surface area contributed by atoms with Crippen LogP contribution in [0.1, 0.15) is 13.3 Å². The highest BCUT2D eigenvalue weighted by atomic mass is 32.2. The minimum Gasteiger partial charge on any atom is -0.376 e. The summed E-state index contributed by atoms with van der Waals surface area (Å²) in [5.74, 6) is -0.182. The van der Waals surface area contributed by atoms with Gasteiger partial charge >= 0.3 is 11.1 Å². The maximum absolute atomic E-state index is 11.4. The van der Waals surface area contributed by atoms with Gasteiger partial charge < -0.3 is 15.1 Å². The summed E-state index contributed by atoms with van der Waals surface area (Å²) in [5, 5.41) is 21.1. The van der Waals surface area contributed by atoms with Gasteiger partial charge in [-0.1, -0.05) is 6.08 Å². The van der Waals surface area contributed by atoms with Crippen molar-refractivity contribution in [3.8, 4) is 0 Å². The van der Waals surface area contributed by atoms with Crippen molar-refractivity contribution in [1.82, 2.24) is 14.5 Å². The van der Waals surface area contributed by atoms with Gasteiger partial charge in [-0.05, 0) is 6.42 Å². The van der Waals surface area contributed by atoms with Crippen LogP contribution in [0.5, 0.6) is 0 Å². The van der Waals surface area contributed by atoms with E-state index < -0.39 is 23.6 Å². The van der Waals surface area contributed by atoms with E-state index in [0.717, 1.165) is 4.68 Å². The number of carbonyl (C=O) groups is 1. The molecule has 3 N–H and O–H groups in total. The molecule has 0 aliphatic carbocycles. The molecular weight excluding hydrogens is 324 g/mol. The fourth-order valence-electron chi connectivity index (χ4n) is 2.66. The van der Waals surface area contributed by atoms with Crippen LogP contribution in [-0.4, -0.2) is 67.9 Å². The molecule has 3 atom stereocenters. The van der Waals surface area contributed by atoms with Crippen LogP contribution >= 0.6 is 11.8 Å². The topological polar surface area (TPSA) is 115 Å². The van der Waals surface area contributed by atoms with E-state index in [1.807, 2.05) is 6.08 Å². The lowest BCUT2D eigenvalue weighted by Gasteiger charge is -2.42. The summed E-state index contributed by atoms with van der Waals surface area (Å²) in [6.45, 7) is 2.17. The van der Waals surface area contributed by atoms with Gasteiger partial charge in [0.05, 0.1) is 18.1 Å². The SMILES string of the molecule is CC(=O)N1CC(O)N(CC2CC=C(Nn3c(=O)c3=O)S2)C(O)C1. The fourth-order valence-corrected chi connectivity index (χ4v) is 3.79. The molecule has 1 fully saturated rings. The summed E-state index contributed by atoms with van der Waals surface area (Å²) < 4.78 is 0.941. The van der Waals surface area contributed by atoms with Crippen LogP contribution < -0.4 is 16.5 Å². The first-order valence-electron chi connectivity index (χ1n) is 7.26. The molecule has 2 aliphatic heterocycles. The Hall–Kier alpha value is -1.62. The second kappa shape index (κ2) is 6.11. The molecule has 2 aliphatic rings. The molecule has 10 heteroatoms. The lowest BCUT2D eigenvalue weighted by molar-refractivity contribution is -0.167. The zero-order valence-electron chi connectivity index (χ0n) is 12.5. The summed E-state index contributed by atoms with van der Waals surface area (Å²) in [4.78, 5) is 36.2. The maximum Gasteiger partial charge on any atom is 0.340 e. The molecule has 1 aromatic heterocycles. The van der Waals surface area contributed by atoms with Gasteiger partial charge in [-0.25, -0.2) is 4.90 Å². The molecule has 3 heterocycles. The number of rotatable bonds is 4. The Morgan fingerprint density at radius 2 is 1.91 bits per heavy atom. The van der Waals surface area contributed by atoms with Crippen LogP contribution in [0.3, 0.4) is 0 Å². The van der Waals surface area contributed by atoms with E-state index in [1.54, 1.807) is 4.90 Å². The highest BCUT2D eigenvalue weighted by Gasteiger charge is 2.35. The Morgan fingerprint density at radius 1 is 1.30 bits per heavy atom. The van der Waals surface area contributed by atoms with E-state index in [1.165, 1.54) is 23.6 Å². The van der Waals surface area contributed by atoms with Crippen LogP contribution in [0.2, 0.25) is 0 Å². The fraction of sp³-hybridized carbons (Fsp3) is 0.615. The number of piperazine rings is 1. The predicted molar refractivity (Wildman–Crippen MR) is 83.8 cm³/mol. The van der Waals surface area contributed by atoms with Crippen molar-refractivity contribution in [2.24, 2.45) is 0 Å². The van der Waals surface area contributed by atoms with Crippen molar-refractivity contribution in [2.45, 2.75) is 31.1 Å². The Kier molecular flexibility index (Phi) is 4.32. The first-order valence-corrected chi connectivity index (χ1v) is 8.14. The quantitative estimate of drug-likeness (QED) is 0.527. The van der Waals surface area contributed by atoms with Crippen molar-refractivity contribution in [3.63, 3.8) is 0 Å². The van der Waals surface area contributed by atoms with E-state index in [0.29, 0.717) is 18.0 Å². The Labute approximate surface area is 135 Å².